The van der Waals surface area contributed by atoms with Gasteiger partial charge >= 0.3 is 0 Å². The Labute approximate surface area is 103 Å². The lowest BCUT2D eigenvalue weighted by atomic mass is 10.3. The Morgan fingerprint density at radius 1 is 1.00 bits per heavy atom. The van der Waals surface area contributed by atoms with Crippen LogP contribution in [-0.2, 0) is 0 Å². The molecule has 0 aliphatic heterocycles. The maximum absolute atomic E-state index is 4.71. The fourth-order valence-corrected chi connectivity index (χ4v) is 3.05. The number of hydrogen-bond acceptors (Lipinski definition) is 3. The number of fused-ring (bicyclic) bond motifs is 2. The number of benzene rings is 1. The van der Waals surface area contributed by atoms with Crippen molar-refractivity contribution in [3.05, 3.63) is 34.0 Å². The Balaban J connectivity index is 2.60. The summed E-state index contributed by atoms with van der Waals surface area (Å²) >= 11 is 1.70. The molecule has 3 rings (SSSR count). The Morgan fingerprint density at radius 3 is 2.35 bits per heavy atom. The van der Waals surface area contributed by atoms with Crippen LogP contribution in [0.1, 0.15) is 13.8 Å². The van der Waals surface area contributed by atoms with Crippen molar-refractivity contribution < 1.29 is 0 Å². The van der Waals surface area contributed by atoms with Crippen LogP contribution in [0.3, 0.4) is 0 Å². The van der Waals surface area contributed by atoms with Crippen LogP contribution in [0, 0.1) is 0 Å². The summed E-state index contributed by atoms with van der Waals surface area (Å²) in [6.07, 6.45) is 4.23. The monoisotopic (exact) mass is 240 g/mol. The van der Waals surface area contributed by atoms with Gasteiger partial charge in [-0.2, -0.15) is 0 Å². The molecule has 0 aliphatic rings. The van der Waals surface area contributed by atoms with Gasteiger partial charge in [0.1, 0.15) is 10.3 Å². The van der Waals surface area contributed by atoms with Crippen molar-refractivity contribution >= 4 is 44.9 Å². The highest BCUT2D eigenvalue weighted by atomic mass is 32.1. The maximum atomic E-state index is 4.71. The van der Waals surface area contributed by atoms with E-state index < -0.39 is 0 Å². The Kier molecular flexibility index (Phi) is 2.41. The van der Waals surface area contributed by atoms with Crippen LogP contribution < -0.4 is 9.75 Å². The standard InChI is InChI=1S/C14H12N2S/c1-3-9-12(4-2)17-14-13(9)15-10-7-5-6-8-11(10)16-14/h3-8H,1-2H3/b9-3+,12-4+. The van der Waals surface area contributed by atoms with Gasteiger partial charge in [0.05, 0.1) is 11.0 Å². The number of thiophene rings is 1. The number of rotatable bonds is 0. The normalized spacial score (nSPS) is 14.0. The van der Waals surface area contributed by atoms with Crippen molar-refractivity contribution in [2.75, 3.05) is 0 Å². The molecule has 2 nitrogen and oxygen atoms in total. The first-order chi connectivity index (χ1) is 8.33. The van der Waals surface area contributed by atoms with Gasteiger partial charge in [0.25, 0.3) is 0 Å². The third kappa shape index (κ3) is 1.54. The van der Waals surface area contributed by atoms with Gasteiger partial charge in [0.15, 0.2) is 0 Å². The zero-order valence-corrected chi connectivity index (χ0v) is 10.6. The van der Waals surface area contributed by atoms with Crippen LogP contribution >= 0.6 is 11.3 Å². The summed E-state index contributed by atoms with van der Waals surface area (Å²) in [7, 11) is 0. The summed E-state index contributed by atoms with van der Waals surface area (Å²) in [6.45, 7) is 4.10. The second-order valence-electron chi connectivity index (χ2n) is 3.82. The second-order valence-corrected chi connectivity index (χ2v) is 4.85. The molecule has 2 heterocycles. The van der Waals surface area contributed by atoms with Gasteiger partial charge < -0.3 is 0 Å². The van der Waals surface area contributed by atoms with Crippen molar-refractivity contribution in [1.82, 2.24) is 9.97 Å². The summed E-state index contributed by atoms with van der Waals surface area (Å²) in [5, 5.41) is 1.20. The first kappa shape index (κ1) is 10.4. The van der Waals surface area contributed by atoms with E-state index >= 15 is 0 Å². The zero-order valence-electron chi connectivity index (χ0n) is 9.77. The van der Waals surface area contributed by atoms with Crippen molar-refractivity contribution in [2.45, 2.75) is 13.8 Å². The average molecular weight is 240 g/mol. The van der Waals surface area contributed by atoms with Gasteiger partial charge in [-0.15, -0.1) is 11.3 Å². The average Bonchev–Trinajstić information content (AvgIpc) is 2.72. The number of para-hydroxylation sites is 2. The number of aromatic nitrogens is 2. The molecule has 84 valence electrons. The third-order valence-corrected chi connectivity index (χ3v) is 3.97. The summed E-state index contributed by atoms with van der Waals surface area (Å²) in [4.78, 5) is 10.4. The largest absolute Gasteiger partial charge is 0.243 e. The fraction of sp³-hybridized carbons (Fsp3) is 0.143. The molecule has 3 aromatic rings. The molecule has 0 unspecified atom stereocenters. The minimum Gasteiger partial charge on any atom is -0.243 e. The first-order valence-corrected chi connectivity index (χ1v) is 6.43. The quantitative estimate of drug-likeness (QED) is 0.603. The zero-order chi connectivity index (χ0) is 11.8. The third-order valence-electron chi connectivity index (χ3n) is 2.82. The Bertz CT molecular complexity index is 815. The highest BCUT2D eigenvalue weighted by molar-refractivity contribution is 7.16. The van der Waals surface area contributed by atoms with Gasteiger partial charge in [0, 0.05) is 9.75 Å². The first-order valence-electron chi connectivity index (χ1n) is 5.61. The predicted octanol–water partition coefficient (Wildman–Crippen LogP) is 2.45. The van der Waals surface area contributed by atoms with E-state index in [4.69, 9.17) is 4.98 Å². The Hall–Kier alpha value is -1.74. The molecule has 3 heteroatoms. The molecule has 0 spiro atoms. The van der Waals surface area contributed by atoms with Crippen LogP contribution in [0.15, 0.2) is 24.3 Å². The van der Waals surface area contributed by atoms with E-state index in [1.54, 1.807) is 11.3 Å². The van der Waals surface area contributed by atoms with Crippen LogP contribution in [0.5, 0.6) is 0 Å². The predicted molar refractivity (Wildman–Crippen MR) is 74.4 cm³/mol. The topological polar surface area (TPSA) is 25.8 Å². The fourth-order valence-electron chi connectivity index (χ4n) is 2.00. The molecule has 1 aromatic carbocycles. The van der Waals surface area contributed by atoms with Crippen molar-refractivity contribution in [3.8, 4) is 0 Å². The lowest BCUT2D eigenvalue weighted by molar-refractivity contribution is 1.41. The molecular formula is C14H12N2S. The van der Waals surface area contributed by atoms with Crippen molar-refractivity contribution in [2.24, 2.45) is 0 Å². The molecule has 0 amide bonds. The molecule has 0 fully saturated rings. The van der Waals surface area contributed by atoms with E-state index in [2.05, 4.69) is 24.1 Å². The molecule has 0 saturated carbocycles. The summed E-state index contributed by atoms with van der Waals surface area (Å²) < 4.78 is 1.25. The van der Waals surface area contributed by atoms with E-state index in [9.17, 15) is 0 Å². The van der Waals surface area contributed by atoms with Crippen LogP contribution in [0.25, 0.3) is 33.5 Å². The van der Waals surface area contributed by atoms with Crippen LogP contribution in [-0.4, -0.2) is 9.97 Å². The number of nitrogens with zero attached hydrogens (tertiary/aromatic N) is 2. The van der Waals surface area contributed by atoms with E-state index in [-0.39, 0.29) is 0 Å². The molecule has 0 aliphatic carbocycles. The van der Waals surface area contributed by atoms with E-state index in [0.717, 1.165) is 21.4 Å². The summed E-state index contributed by atoms with van der Waals surface area (Å²) in [5.74, 6) is 0. The molecule has 17 heavy (non-hydrogen) atoms. The SMILES string of the molecule is C/C=c1\c(=C/C)sc2nc3ccccc3nc12. The van der Waals surface area contributed by atoms with Crippen LogP contribution in [0.4, 0.5) is 0 Å². The van der Waals surface area contributed by atoms with Gasteiger partial charge in [-0.05, 0) is 26.0 Å². The highest BCUT2D eigenvalue weighted by Crippen LogP contribution is 2.14. The summed E-state index contributed by atoms with van der Waals surface area (Å²) in [5.41, 5.74) is 2.94. The van der Waals surface area contributed by atoms with Gasteiger partial charge in [-0.1, -0.05) is 24.3 Å². The van der Waals surface area contributed by atoms with Crippen LogP contribution in [0.2, 0.25) is 0 Å². The molecule has 2 aromatic heterocycles. The molecule has 0 bridgehead atoms. The molecule has 0 atom stereocenters. The van der Waals surface area contributed by atoms with Gasteiger partial charge in [-0.25, -0.2) is 9.97 Å². The Morgan fingerprint density at radius 2 is 1.71 bits per heavy atom. The highest BCUT2D eigenvalue weighted by Gasteiger charge is 2.05. The maximum Gasteiger partial charge on any atom is 0.143 e. The van der Waals surface area contributed by atoms with E-state index in [1.165, 1.54) is 9.75 Å². The minimum atomic E-state index is 0.962. The number of hydrogen-bond donors (Lipinski definition) is 0. The van der Waals surface area contributed by atoms with Crippen molar-refractivity contribution in [3.63, 3.8) is 0 Å². The lowest BCUT2D eigenvalue weighted by Crippen LogP contribution is -2.17. The molecule has 0 N–H and O–H groups in total. The lowest BCUT2D eigenvalue weighted by Gasteiger charge is -1.95. The van der Waals surface area contributed by atoms with Gasteiger partial charge in [0.2, 0.25) is 0 Å². The van der Waals surface area contributed by atoms with Crippen molar-refractivity contribution in [1.29, 1.82) is 0 Å². The molecular weight excluding hydrogens is 228 g/mol. The minimum absolute atomic E-state index is 0.962. The van der Waals surface area contributed by atoms with Gasteiger partial charge in [-0.3, -0.25) is 0 Å². The van der Waals surface area contributed by atoms with E-state index in [0.29, 0.717) is 0 Å². The second kappa shape index (κ2) is 3.93. The molecule has 0 radical (unpaired) electrons. The molecule has 0 saturated heterocycles. The summed E-state index contributed by atoms with van der Waals surface area (Å²) in [6, 6.07) is 8.01. The smallest absolute Gasteiger partial charge is 0.143 e. The van der Waals surface area contributed by atoms with E-state index in [1.807, 2.05) is 31.2 Å².